The third-order valence-electron chi connectivity index (χ3n) is 3.50. The highest BCUT2D eigenvalue weighted by Crippen LogP contribution is 2.19. The van der Waals surface area contributed by atoms with Crippen LogP contribution in [-0.4, -0.2) is 69.1 Å². The summed E-state index contributed by atoms with van der Waals surface area (Å²) in [5, 5.41) is 2.83. The van der Waals surface area contributed by atoms with E-state index >= 15 is 0 Å². The quantitative estimate of drug-likeness (QED) is 0.716. The van der Waals surface area contributed by atoms with Gasteiger partial charge in [0.05, 0.1) is 30.8 Å². The number of carbonyl (C=O) groups excluding carboxylic acids is 1. The van der Waals surface area contributed by atoms with Gasteiger partial charge < -0.3 is 10.1 Å². The number of nitrogens with zero attached hydrogens (tertiary/aromatic N) is 1. The molecule has 0 bridgehead atoms. The lowest BCUT2D eigenvalue weighted by atomic mass is 10.1. The van der Waals surface area contributed by atoms with Crippen molar-refractivity contribution in [3.05, 3.63) is 0 Å². The molecule has 0 saturated carbocycles. The average Bonchev–Trinajstić information content (AvgIpc) is 2.65. The van der Waals surface area contributed by atoms with Crippen LogP contribution in [-0.2, 0) is 19.4 Å². The summed E-state index contributed by atoms with van der Waals surface area (Å²) in [5.74, 6) is 0.109. The van der Waals surface area contributed by atoms with Crippen LogP contribution in [0.25, 0.3) is 0 Å². The van der Waals surface area contributed by atoms with E-state index < -0.39 is 9.84 Å². The number of sulfone groups is 1. The Bertz CT molecular complexity index is 403. The number of carbonyl (C=O) groups is 1. The number of morpholine rings is 1. The van der Waals surface area contributed by atoms with Gasteiger partial charge in [0.2, 0.25) is 5.91 Å². The predicted octanol–water partition coefficient (Wildman–Crippen LogP) is -0.990. The van der Waals surface area contributed by atoms with Crippen molar-refractivity contribution in [3.63, 3.8) is 0 Å². The van der Waals surface area contributed by atoms with Crippen LogP contribution in [0.2, 0.25) is 0 Å². The van der Waals surface area contributed by atoms with Gasteiger partial charge in [-0.1, -0.05) is 6.92 Å². The number of nitrogens with one attached hydrogen (secondary N) is 1. The Labute approximate surface area is 108 Å². The van der Waals surface area contributed by atoms with Gasteiger partial charge in [-0.3, -0.25) is 9.69 Å². The third-order valence-corrected chi connectivity index (χ3v) is 5.22. The van der Waals surface area contributed by atoms with Gasteiger partial charge in [-0.2, -0.15) is 0 Å². The van der Waals surface area contributed by atoms with Crippen molar-refractivity contribution < 1.29 is 17.9 Å². The molecule has 2 aliphatic rings. The Balaban J connectivity index is 2.07. The highest BCUT2D eigenvalue weighted by atomic mass is 32.2. The normalized spacial score (nSPS) is 32.3. The first-order valence-electron chi connectivity index (χ1n) is 6.33. The number of ether oxygens (including phenoxy) is 1. The van der Waals surface area contributed by atoms with Crippen LogP contribution in [0.5, 0.6) is 0 Å². The van der Waals surface area contributed by atoms with Crippen molar-refractivity contribution in [2.75, 3.05) is 37.8 Å². The average molecular weight is 276 g/mol. The molecular weight excluding hydrogens is 256 g/mol. The second kappa shape index (κ2) is 5.54. The number of hydrogen-bond donors (Lipinski definition) is 1. The standard InChI is InChI=1S/C11H20N2O4S/c1-2-11(14)12-9-7-18(15,16)8-10(9)13-3-5-17-6-4-13/h9-10H,2-8H2,1H3,(H,12,14). The van der Waals surface area contributed by atoms with Gasteiger partial charge in [-0.25, -0.2) is 8.42 Å². The molecule has 1 amide bonds. The fraction of sp³-hybridized carbons (Fsp3) is 0.909. The largest absolute Gasteiger partial charge is 0.379 e. The fourth-order valence-electron chi connectivity index (χ4n) is 2.54. The molecule has 2 unspecified atom stereocenters. The predicted molar refractivity (Wildman–Crippen MR) is 67.1 cm³/mol. The third kappa shape index (κ3) is 3.21. The molecule has 0 radical (unpaired) electrons. The zero-order valence-corrected chi connectivity index (χ0v) is 11.4. The van der Waals surface area contributed by atoms with Crippen molar-refractivity contribution in [1.29, 1.82) is 0 Å². The zero-order valence-electron chi connectivity index (χ0n) is 10.6. The van der Waals surface area contributed by atoms with Gasteiger partial charge in [0, 0.05) is 25.6 Å². The molecule has 0 aromatic rings. The summed E-state index contributed by atoms with van der Waals surface area (Å²) in [6.45, 7) is 4.50. The molecule has 2 aliphatic heterocycles. The number of amides is 1. The summed E-state index contributed by atoms with van der Waals surface area (Å²) in [4.78, 5) is 13.6. The van der Waals surface area contributed by atoms with Crippen molar-refractivity contribution in [3.8, 4) is 0 Å². The maximum Gasteiger partial charge on any atom is 0.220 e. The molecule has 18 heavy (non-hydrogen) atoms. The molecule has 7 heteroatoms. The van der Waals surface area contributed by atoms with E-state index in [1.165, 1.54) is 0 Å². The number of rotatable bonds is 3. The summed E-state index contributed by atoms with van der Waals surface area (Å²) < 4.78 is 28.8. The lowest BCUT2D eigenvalue weighted by Gasteiger charge is -2.34. The van der Waals surface area contributed by atoms with Crippen molar-refractivity contribution in [2.24, 2.45) is 0 Å². The van der Waals surface area contributed by atoms with Crippen molar-refractivity contribution in [1.82, 2.24) is 10.2 Å². The summed E-state index contributed by atoms with van der Waals surface area (Å²) in [6, 6.07) is -0.380. The second-order valence-corrected chi connectivity index (χ2v) is 6.97. The fourth-order valence-corrected chi connectivity index (χ4v) is 4.50. The van der Waals surface area contributed by atoms with Gasteiger partial charge in [0.25, 0.3) is 0 Å². The Hall–Kier alpha value is -0.660. The lowest BCUT2D eigenvalue weighted by molar-refractivity contribution is -0.121. The van der Waals surface area contributed by atoms with E-state index in [9.17, 15) is 13.2 Å². The first-order valence-corrected chi connectivity index (χ1v) is 8.15. The topological polar surface area (TPSA) is 75.7 Å². The van der Waals surface area contributed by atoms with E-state index in [1.54, 1.807) is 6.92 Å². The smallest absolute Gasteiger partial charge is 0.220 e. The lowest BCUT2D eigenvalue weighted by Crippen LogP contribution is -2.54. The van der Waals surface area contributed by atoms with Crippen LogP contribution in [0, 0.1) is 0 Å². The number of hydrogen-bond acceptors (Lipinski definition) is 5. The molecule has 2 saturated heterocycles. The van der Waals surface area contributed by atoms with E-state index in [0.29, 0.717) is 19.6 Å². The first kappa shape index (κ1) is 13.8. The molecule has 2 atom stereocenters. The highest BCUT2D eigenvalue weighted by Gasteiger charge is 2.41. The SMILES string of the molecule is CCC(=O)NC1CS(=O)(=O)CC1N1CCOCC1. The van der Waals surface area contributed by atoms with Gasteiger partial charge >= 0.3 is 0 Å². The van der Waals surface area contributed by atoms with Gasteiger partial charge in [0.15, 0.2) is 9.84 Å². The molecule has 6 nitrogen and oxygen atoms in total. The molecule has 2 fully saturated rings. The Kier molecular flexibility index (Phi) is 4.24. The molecule has 1 N–H and O–H groups in total. The first-order chi connectivity index (χ1) is 8.52. The summed E-state index contributed by atoms with van der Waals surface area (Å²) in [5.41, 5.74) is 0. The molecule has 2 heterocycles. The van der Waals surface area contributed by atoms with E-state index in [4.69, 9.17) is 4.74 Å². The van der Waals surface area contributed by atoms with Crippen LogP contribution < -0.4 is 5.32 Å². The van der Waals surface area contributed by atoms with Crippen molar-refractivity contribution >= 4 is 15.7 Å². The zero-order chi connectivity index (χ0) is 13.2. The van der Waals surface area contributed by atoms with E-state index in [1.807, 2.05) is 0 Å². The summed E-state index contributed by atoms with van der Waals surface area (Å²) in [6.07, 6.45) is 0.381. The highest BCUT2D eigenvalue weighted by molar-refractivity contribution is 7.91. The molecule has 2 rings (SSSR count). The maximum atomic E-state index is 11.8. The van der Waals surface area contributed by atoms with E-state index in [2.05, 4.69) is 10.2 Å². The minimum atomic E-state index is -3.05. The molecular formula is C11H20N2O4S. The molecule has 0 aliphatic carbocycles. The van der Waals surface area contributed by atoms with Gasteiger partial charge in [-0.05, 0) is 0 Å². The molecule has 0 spiro atoms. The van der Waals surface area contributed by atoms with Gasteiger partial charge in [-0.15, -0.1) is 0 Å². The summed E-state index contributed by atoms with van der Waals surface area (Å²) in [7, 11) is -3.05. The van der Waals surface area contributed by atoms with Crippen LogP contribution in [0.15, 0.2) is 0 Å². The molecule has 0 aromatic carbocycles. The van der Waals surface area contributed by atoms with Gasteiger partial charge in [0.1, 0.15) is 0 Å². The van der Waals surface area contributed by atoms with Crippen LogP contribution >= 0.6 is 0 Å². The van der Waals surface area contributed by atoms with Crippen molar-refractivity contribution in [2.45, 2.75) is 25.4 Å². The minimum Gasteiger partial charge on any atom is -0.379 e. The van der Waals surface area contributed by atoms with Crippen LogP contribution in [0.3, 0.4) is 0 Å². The molecule has 0 aromatic heterocycles. The van der Waals surface area contributed by atoms with E-state index in [0.717, 1.165) is 13.1 Å². The maximum absolute atomic E-state index is 11.8. The van der Waals surface area contributed by atoms with E-state index in [-0.39, 0.29) is 29.5 Å². The van der Waals surface area contributed by atoms with Crippen LogP contribution in [0.4, 0.5) is 0 Å². The van der Waals surface area contributed by atoms with Crippen LogP contribution in [0.1, 0.15) is 13.3 Å². The Morgan fingerprint density at radius 3 is 2.61 bits per heavy atom. The summed E-state index contributed by atoms with van der Waals surface area (Å²) >= 11 is 0. The Morgan fingerprint density at radius 1 is 1.33 bits per heavy atom. The monoisotopic (exact) mass is 276 g/mol. The minimum absolute atomic E-state index is 0.0563. The molecule has 104 valence electrons. The second-order valence-electron chi connectivity index (χ2n) is 4.82. The Morgan fingerprint density at radius 2 is 2.00 bits per heavy atom.